The molecule has 21 heavy (non-hydrogen) atoms. The van der Waals surface area contributed by atoms with Crippen molar-refractivity contribution in [3.8, 4) is 0 Å². The monoisotopic (exact) mass is 292 g/mol. The van der Waals surface area contributed by atoms with Crippen LogP contribution >= 0.6 is 0 Å². The third-order valence-electron chi connectivity index (χ3n) is 4.85. The fourth-order valence-electron chi connectivity index (χ4n) is 3.62. The Hall–Kier alpha value is -0.940. The van der Waals surface area contributed by atoms with E-state index in [1.165, 1.54) is 51.7 Å². The van der Waals surface area contributed by atoms with E-state index in [-0.39, 0.29) is 0 Å². The molecular weight excluding hydrogens is 264 g/mol. The third kappa shape index (κ3) is 4.27. The van der Waals surface area contributed by atoms with Gasteiger partial charge in [0.15, 0.2) is 5.82 Å². The molecule has 118 valence electrons. The molecule has 0 unspecified atom stereocenters. The second kappa shape index (κ2) is 7.36. The Bertz CT molecular complexity index is 428. The molecule has 1 aliphatic heterocycles. The van der Waals surface area contributed by atoms with Gasteiger partial charge in [-0.3, -0.25) is 4.90 Å². The van der Waals surface area contributed by atoms with Gasteiger partial charge in [0.1, 0.15) is 0 Å². The van der Waals surface area contributed by atoms with Crippen molar-refractivity contribution < 1.29 is 4.52 Å². The van der Waals surface area contributed by atoms with E-state index in [1.807, 2.05) is 6.92 Å². The molecule has 0 amide bonds. The molecule has 0 aromatic carbocycles. The molecule has 0 atom stereocenters. The van der Waals surface area contributed by atoms with E-state index in [0.717, 1.165) is 43.7 Å². The zero-order chi connectivity index (χ0) is 14.5. The Morgan fingerprint density at radius 1 is 1.05 bits per heavy atom. The largest absolute Gasteiger partial charge is 0.339 e. The van der Waals surface area contributed by atoms with Crippen LogP contribution in [0.4, 0.5) is 0 Å². The van der Waals surface area contributed by atoms with Crippen LogP contribution in [-0.2, 0) is 13.0 Å². The van der Waals surface area contributed by atoms with Crippen LogP contribution < -0.4 is 0 Å². The molecule has 5 heteroatoms. The van der Waals surface area contributed by atoms with Crippen LogP contribution in [-0.4, -0.2) is 52.7 Å². The minimum atomic E-state index is 0.752. The quantitative estimate of drug-likeness (QED) is 0.833. The van der Waals surface area contributed by atoms with E-state index in [2.05, 4.69) is 19.9 Å². The molecule has 1 saturated carbocycles. The predicted molar refractivity (Wildman–Crippen MR) is 82.0 cm³/mol. The smallest absolute Gasteiger partial charge is 0.226 e. The van der Waals surface area contributed by atoms with Gasteiger partial charge in [0.2, 0.25) is 5.89 Å². The normalized spacial score (nSPS) is 22.7. The number of hydrogen-bond acceptors (Lipinski definition) is 5. The van der Waals surface area contributed by atoms with E-state index in [9.17, 15) is 0 Å². The maximum Gasteiger partial charge on any atom is 0.226 e. The molecule has 0 bridgehead atoms. The van der Waals surface area contributed by atoms with Gasteiger partial charge >= 0.3 is 0 Å². The molecule has 1 saturated heterocycles. The van der Waals surface area contributed by atoms with Crippen molar-refractivity contribution in [2.75, 3.05) is 32.7 Å². The van der Waals surface area contributed by atoms with Crippen LogP contribution in [0.1, 0.15) is 50.7 Å². The Morgan fingerprint density at radius 3 is 2.57 bits per heavy atom. The molecule has 2 fully saturated rings. The summed E-state index contributed by atoms with van der Waals surface area (Å²) in [5.41, 5.74) is 0. The molecule has 1 aliphatic carbocycles. The number of hydrogen-bond donors (Lipinski definition) is 0. The Morgan fingerprint density at radius 2 is 1.81 bits per heavy atom. The first-order valence-electron chi connectivity index (χ1n) is 8.59. The van der Waals surface area contributed by atoms with Gasteiger partial charge < -0.3 is 9.42 Å². The molecule has 1 aromatic rings. The fraction of sp³-hybridized carbons (Fsp3) is 0.875. The zero-order valence-electron chi connectivity index (χ0n) is 13.3. The minimum absolute atomic E-state index is 0.752. The molecule has 3 rings (SSSR count). The van der Waals surface area contributed by atoms with Crippen molar-refractivity contribution in [1.29, 1.82) is 0 Å². The second-order valence-electron chi connectivity index (χ2n) is 6.54. The van der Waals surface area contributed by atoms with Gasteiger partial charge in [0.05, 0.1) is 6.54 Å². The Kier molecular flexibility index (Phi) is 5.25. The van der Waals surface area contributed by atoms with Crippen molar-refractivity contribution in [2.45, 2.75) is 52.0 Å². The third-order valence-corrected chi connectivity index (χ3v) is 4.85. The van der Waals surface area contributed by atoms with Gasteiger partial charge in [0, 0.05) is 26.1 Å². The van der Waals surface area contributed by atoms with Gasteiger partial charge in [0.25, 0.3) is 0 Å². The maximum absolute atomic E-state index is 5.20. The van der Waals surface area contributed by atoms with Gasteiger partial charge in [-0.2, -0.15) is 4.98 Å². The van der Waals surface area contributed by atoms with Crippen molar-refractivity contribution in [3.05, 3.63) is 11.7 Å². The van der Waals surface area contributed by atoms with Crippen molar-refractivity contribution in [1.82, 2.24) is 19.9 Å². The number of aryl methyl sites for hydroxylation is 1. The van der Waals surface area contributed by atoms with Gasteiger partial charge in [-0.15, -0.1) is 0 Å². The summed E-state index contributed by atoms with van der Waals surface area (Å²) < 4.78 is 5.20. The zero-order valence-corrected chi connectivity index (χ0v) is 13.3. The summed E-state index contributed by atoms with van der Waals surface area (Å²) in [4.78, 5) is 9.56. The second-order valence-corrected chi connectivity index (χ2v) is 6.54. The first kappa shape index (κ1) is 15.0. The standard InChI is InChI=1S/C16H28N4O/c1-2-16-17-15(18-21-16)13-20-9-5-8-19(10-11-20)12-14-6-3-4-7-14/h14H,2-13H2,1H3. The van der Waals surface area contributed by atoms with E-state index < -0.39 is 0 Å². The summed E-state index contributed by atoms with van der Waals surface area (Å²) in [5.74, 6) is 2.56. The van der Waals surface area contributed by atoms with Gasteiger partial charge in [-0.25, -0.2) is 0 Å². The van der Waals surface area contributed by atoms with Crippen LogP contribution in [0.2, 0.25) is 0 Å². The average Bonchev–Trinajstić information content (AvgIpc) is 3.10. The lowest BCUT2D eigenvalue weighted by Gasteiger charge is -2.23. The highest BCUT2D eigenvalue weighted by molar-refractivity contribution is 4.87. The Balaban J connectivity index is 1.46. The van der Waals surface area contributed by atoms with Crippen LogP contribution in [0.3, 0.4) is 0 Å². The number of rotatable bonds is 5. The molecular formula is C16H28N4O. The van der Waals surface area contributed by atoms with Crippen LogP contribution in [0, 0.1) is 5.92 Å². The molecule has 1 aromatic heterocycles. The highest BCUT2D eigenvalue weighted by Gasteiger charge is 2.21. The number of nitrogens with zero attached hydrogens (tertiary/aromatic N) is 4. The van der Waals surface area contributed by atoms with E-state index in [0.29, 0.717) is 0 Å². The summed E-state index contributed by atoms with van der Waals surface area (Å²) in [5, 5.41) is 4.07. The Labute approximate surface area is 127 Å². The van der Waals surface area contributed by atoms with Gasteiger partial charge in [-0.1, -0.05) is 24.9 Å². The molecule has 2 aliphatic rings. The first-order chi connectivity index (χ1) is 10.3. The highest BCUT2D eigenvalue weighted by atomic mass is 16.5. The lowest BCUT2D eigenvalue weighted by atomic mass is 10.1. The molecule has 0 N–H and O–H groups in total. The molecule has 0 radical (unpaired) electrons. The summed E-state index contributed by atoms with van der Waals surface area (Å²) >= 11 is 0. The van der Waals surface area contributed by atoms with E-state index >= 15 is 0 Å². The highest BCUT2D eigenvalue weighted by Crippen LogP contribution is 2.25. The maximum atomic E-state index is 5.20. The summed E-state index contributed by atoms with van der Waals surface area (Å²) in [7, 11) is 0. The fourth-order valence-corrected chi connectivity index (χ4v) is 3.62. The first-order valence-corrected chi connectivity index (χ1v) is 8.59. The van der Waals surface area contributed by atoms with Gasteiger partial charge in [-0.05, 0) is 38.3 Å². The van der Waals surface area contributed by atoms with Crippen LogP contribution in [0.25, 0.3) is 0 Å². The summed E-state index contributed by atoms with van der Waals surface area (Å²) in [6, 6.07) is 0. The topological polar surface area (TPSA) is 45.4 Å². The lowest BCUT2D eigenvalue weighted by Crippen LogP contribution is -2.33. The van der Waals surface area contributed by atoms with Crippen LogP contribution in [0.15, 0.2) is 4.52 Å². The van der Waals surface area contributed by atoms with E-state index in [4.69, 9.17) is 4.52 Å². The van der Waals surface area contributed by atoms with Crippen molar-refractivity contribution in [3.63, 3.8) is 0 Å². The summed E-state index contributed by atoms with van der Waals surface area (Å²) in [6.07, 6.45) is 7.86. The molecule has 0 spiro atoms. The average molecular weight is 292 g/mol. The lowest BCUT2D eigenvalue weighted by molar-refractivity contribution is 0.223. The predicted octanol–water partition coefficient (Wildman–Crippen LogP) is 2.33. The van der Waals surface area contributed by atoms with Crippen molar-refractivity contribution in [2.24, 2.45) is 5.92 Å². The summed E-state index contributed by atoms with van der Waals surface area (Å²) in [6.45, 7) is 8.91. The van der Waals surface area contributed by atoms with Crippen LogP contribution in [0.5, 0.6) is 0 Å². The van der Waals surface area contributed by atoms with Crippen molar-refractivity contribution >= 4 is 0 Å². The molecule has 5 nitrogen and oxygen atoms in total. The SMILES string of the molecule is CCc1nc(CN2CCCN(CC3CCCC3)CC2)no1. The minimum Gasteiger partial charge on any atom is -0.339 e. The molecule has 2 heterocycles. The van der Waals surface area contributed by atoms with E-state index in [1.54, 1.807) is 0 Å². The number of aromatic nitrogens is 2.